The molecule has 2 atom stereocenters. The molecule has 1 heterocycles. The lowest BCUT2D eigenvalue weighted by molar-refractivity contribution is -0.137. The van der Waals surface area contributed by atoms with E-state index in [-0.39, 0.29) is 35.5 Å². The predicted molar refractivity (Wildman–Crippen MR) is 140 cm³/mol. The highest BCUT2D eigenvalue weighted by molar-refractivity contribution is 5.92. The fourth-order valence-corrected chi connectivity index (χ4v) is 5.15. The molecule has 0 aliphatic heterocycles. The van der Waals surface area contributed by atoms with E-state index in [1.54, 1.807) is 24.3 Å². The highest BCUT2D eigenvalue weighted by Crippen LogP contribution is 2.37. The lowest BCUT2D eigenvalue weighted by Gasteiger charge is -2.24. The van der Waals surface area contributed by atoms with Gasteiger partial charge in [0.2, 0.25) is 17.8 Å². The van der Waals surface area contributed by atoms with Gasteiger partial charge in [0.25, 0.3) is 0 Å². The van der Waals surface area contributed by atoms with E-state index in [0.717, 1.165) is 38.3 Å². The lowest BCUT2D eigenvalue weighted by atomic mass is 9.88. The molecule has 8 nitrogen and oxygen atoms in total. The van der Waals surface area contributed by atoms with Crippen molar-refractivity contribution in [2.24, 2.45) is 11.8 Å². The first kappa shape index (κ1) is 27.7. The Morgan fingerprint density at radius 2 is 1.61 bits per heavy atom. The molecule has 1 aromatic carbocycles. The zero-order valence-electron chi connectivity index (χ0n) is 21.7. The zero-order valence-corrected chi connectivity index (χ0v) is 21.7. The van der Waals surface area contributed by atoms with Crippen molar-refractivity contribution in [3.05, 3.63) is 36.0 Å². The van der Waals surface area contributed by atoms with Crippen molar-refractivity contribution in [2.75, 3.05) is 16.0 Å². The molecule has 1 aromatic heterocycles. The minimum Gasteiger partial charge on any atom is -0.366 e. The topological polar surface area (TPSA) is 108 Å². The Hall–Kier alpha value is -3.37. The fraction of sp³-hybridized carbons (Fsp3) is 0.556. The number of rotatable bonds is 8. The average Bonchev–Trinajstić information content (AvgIpc) is 3.33. The summed E-state index contributed by atoms with van der Waals surface area (Å²) >= 11 is 0. The van der Waals surface area contributed by atoms with E-state index in [1.165, 1.54) is 6.42 Å². The molecule has 11 heteroatoms. The number of hydrogen-bond donors (Lipinski definition) is 4. The molecule has 0 saturated heterocycles. The molecule has 0 radical (unpaired) electrons. The number of alkyl halides is 3. The largest absolute Gasteiger partial charge is 0.421 e. The Bertz CT molecular complexity index is 1120. The van der Waals surface area contributed by atoms with Crippen LogP contribution in [0.2, 0.25) is 0 Å². The van der Waals surface area contributed by atoms with Crippen molar-refractivity contribution in [2.45, 2.75) is 83.5 Å². The monoisotopic (exact) mass is 532 g/mol. The number of halogens is 3. The number of nitrogens with zero attached hydrogens (tertiary/aromatic N) is 2. The first-order valence-corrected chi connectivity index (χ1v) is 13.3. The third-order valence-electron chi connectivity index (χ3n) is 7.08. The summed E-state index contributed by atoms with van der Waals surface area (Å²) in [6, 6.07) is 6.33. The molecule has 2 aromatic rings. The van der Waals surface area contributed by atoms with E-state index in [4.69, 9.17) is 0 Å². The number of anilines is 4. The molecule has 4 N–H and O–H groups in total. The maximum atomic E-state index is 13.7. The smallest absolute Gasteiger partial charge is 0.366 e. The van der Waals surface area contributed by atoms with Crippen molar-refractivity contribution in [3.63, 3.8) is 0 Å². The second kappa shape index (κ2) is 12.0. The molecule has 2 saturated carbocycles. The summed E-state index contributed by atoms with van der Waals surface area (Å²) in [6.45, 7) is 3.69. The second-order valence-corrected chi connectivity index (χ2v) is 10.4. The fourth-order valence-electron chi connectivity index (χ4n) is 5.15. The first-order valence-electron chi connectivity index (χ1n) is 13.3. The zero-order chi connectivity index (χ0) is 27.3. The van der Waals surface area contributed by atoms with Crippen LogP contribution in [0.3, 0.4) is 0 Å². The number of nitrogens with one attached hydrogen (secondary N) is 4. The van der Waals surface area contributed by atoms with Gasteiger partial charge in [-0.05, 0) is 63.8 Å². The molecule has 0 spiro atoms. The summed E-state index contributed by atoms with van der Waals surface area (Å²) in [7, 11) is 0. The lowest BCUT2D eigenvalue weighted by Crippen LogP contribution is -2.41. The van der Waals surface area contributed by atoms with Gasteiger partial charge in [-0.15, -0.1) is 0 Å². The molecule has 2 amide bonds. The van der Waals surface area contributed by atoms with Crippen LogP contribution < -0.4 is 21.3 Å². The standard InChI is InChI=1S/C27H35F3N6O2/c1-16(2)32-25(38)20-9-6-10-22(20)35-23-21(27(28,29)30)15-31-26(36-23)34-19-13-11-18(12-14-19)33-24(37)17-7-4-3-5-8-17/h11-17,20,22H,3-10H2,1-2H3,(H,32,38)(H,33,37)(H2,31,34,35,36)/t20-,22+/m0/s1. The predicted octanol–water partition coefficient (Wildman–Crippen LogP) is 5.86. The van der Waals surface area contributed by atoms with Crippen molar-refractivity contribution < 1.29 is 22.8 Å². The van der Waals surface area contributed by atoms with Crippen LogP contribution in [0.4, 0.5) is 36.3 Å². The van der Waals surface area contributed by atoms with Crippen LogP contribution in [0.25, 0.3) is 0 Å². The summed E-state index contributed by atoms with van der Waals surface area (Å²) in [6.07, 6.45) is 3.08. The second-order valence-electron chi connectivity index (χ2n) is 10.4. The van der Waals surface area contributed by atoms with Crippen molar-refractivity contribution in [3.8, 4) is 0 Å². The summed E-state index contributed by atoms with van der Waals surface area (Å²) < 4.78 is 41.2. The van der Waals surface area contributed by atoms with E-state index in [2.05, 4.69) is 31.2 Å². The molecule has 0 unspecified atom stereocenters. The van der Waals surface area contributed by atoms with E-state index < -0.39 is 23.7 Å². The highest BCUT2D eigenvalue weighted by Gasteiger charge is 2.39. The maximum Gasteiger partial charge on any atom is 0.421 e. The quantitative estimate of drug-likeness (QED) is 0.339. The molecule has 2 fully saturated rings. The van der Waals surface area contributed by atoms with Crippen LogP contribution in [-0.2, 0) is 15.8 Å². The van der Waals surface area contributed by atoms with Crippen LogP contribution >= 0.6 is 0 Å². The van der Waals surface area contributed by atoms with Gasteiger partial charge in [0, 0.05) is 35.6 Å². The molecular formula is C27H35F3N6O2. The van der Waals surface area contributed by atoms with Crippen molar-refractivity contribution in [1.29, 1.82) is 0 Å². The van der Waals surface area contributed by atoms with Gasteiger partial charge in [-0.1, -0.05) is 25.7 Å². The van der Waals surface area contributed by atoms with E-state index in [0.29, 0.717) is 24.2 Å². The summed E-state index contributed by atoms with van der Waals surface area (Å²) in [5, 5.41) is 11.6. The summed E-state index contributed by atoms with van der Waals surface area (Å²) in [5.41, 5.74) is 0.217. The van der Waals surface area contributed by atoms with Crippen molar-refractivity contribution in [1.82, 2.24) is 15.3 Å². The van der Waals surface area contributed by atoms with Crippen LogP contribution in [-0.4, -0.2) is 33.9 Å². The van der Waals surface area contributed by atoms with Gasteiger partial charge < -0.3 is 21.3 Å². The average molecular weight is 533 g/mol. The molecule has 206 valence electrons. The number of carbonyl (C=O) groups is 2. The Kier molecular flexibility index (Phi) is 8.73. The first-order chi connectivity index (χ1) is 18.1. The van der Waals surface area contributed by atoms with Crippen LogP contribution in [0.5, 0.6) is 0 Å². The number of amides is 2. The summed E-state index contributed by atoms with van der Waals surface area (Å²) in [5.74, 6) is -0.947. The van der Waals surface area contributed by atoms with Crippen LogP contribution in [0.15, 0.2) is 30.5 Å². The summed E-state index contributed by atoms with van der Waals surface area (Å²) in [4.78, 5) is 33.1. The number of aromatic nitrogens is 2. The van der Waals surface area contributed by atoms with Gasteiger partial charge >= 0.3 is 6.18 Å². The Morgan fingerprint density at radius 1 is 0.921 bits per heavy atom. The molecule has 2 aliphatic carbocycles. The Labute approximate surface area is 220 Å². The minimum atomic E-state index is -4.66. The number of carbonyl (C=O) groups excluding carboxylic acids is 2. The molecule has 2 aliphatic rings. The van der Waals surface area contributed by atoms with Gasteiger partial charge in [-0.25, -0.2) is 4.98 Å². The highest BCUT2D eigenvalue weighted by atomic mass is 19.4. The molecular weight excluding hydrogens is 497 g/mol. The number of benzene rings is 1. The van der Waals surface area contributed by atoms with Gasteiger partial charge in [0.1, 0.15) is 11.4 Å². The Balaban J connectivity index is 1.46. The normalized spacial score (nSPS) is 20.3. The van der Waals surface area contributed by atoms with Gasteiger partial charge in [0.15, 0.2) is 0 Å². The van der Waals surface area contributed by atoms with Crippen LogP contribution in [0, 0.1) is 11.8 Å². The van der Waals surface area contributed by atoms with Crippen LogP contribution in [0.1, 0.15) is 70.8 Å². The maximum absolute atomic E-state index is 13.7. The van der Waals surface area contributed by atoms with Crippen molar-refractivity contribution >= 4 is 35.0 Å². The van der Waals surface area contributed by atoms with E-state index in [1.807, 2.05) is 13.8 Å². The third kappa shape index (κ3) is 7.14. The third-order valence-corrected chi connectivity index (χ3v) is 7.08. The van der Waals surface area contributed by atoms with Gasteiger partial charge in [-0.2, -0.15) is 18.2 Å². The van der Waals surface area contributed by atoms with E-state index in [9.17, 15) is 22.8 Å². The Morgan fingerprint density at radius 3 is 2.26 bits per heavy atom. The molecule has 0 bridgehead atoms. The minimum absolute atomic E-state index is 0.0133. The molecule has 38 heavy (non-hydrogen) atoms. The van der Waals surface area contributed by atoms with Gasteiger partial charge in [0.05, 0.1) is 5.92 Å². The van der Waals surface area contributed by atoms with E-state index >= 15 is 0 Å². The SMILES string of the molecule is CC(C)NC(=O)[C@H]1CCC[C@H]1Nc1nc(Nc2ccc(NC(=O)C3CCCCC3)cc2)ncc1C(F)(F)F. The van der Waals surface area contributed by atoms with Gasteiger partial charge in [-0.3, -0.25) is 9.59 Å². The number of hydrogen-bond acceptors (Lipinski definition) is 6. The molecule has 4 rings (SSSR count).